The van der Waals surface area contributed by atoms with Crippen LogP contribution in [0.3, 0.4) is 0 Å². The second-order valence-electron chi connectivity index (χ2n) is 4.77. The predicted molar refractivity (Wildman–Crippen MR) is 67.0 cm³/mol. The third-order valence-electron chi connectivity index (χ3n) is 3.73. The van der Waals surface area contributed by atoms with Crippen molar-refractivity contribution in [3.63, 3.8) is 0 Å². The number of rotatable bonds is 2. The van der Waals surface area contributed by atoms with Gasteiger partial charge in [0.2, 0.25) is 0 Å². The van der Waals surface area contributed by atoms with Gasteiger partial charge < -0.3 is 10.6 Å². The Kier molecular flexibility index (Phi) is 2.88. The monoisotopic (exact) mass is 251 g/mol. The van der Waals surface area contributed by atoms with Gasteiger partial charge in [-0.25, -0.2) is 4.98 Å². The Morgan fingerprint density at radius 1 is 1.41 bits per heavy atom. The van der Waals surface area contributed by atoms with Gasteiger partial charge in [-0.1, -0.05) is 12.8 Å². The number of thiazole rings is 1. The first-order valence-electron chi connectivity index (χ1n) is 6.29. The highest BCUT2D eigenvalue weighted by Gasteiger charge is 2.33. The average molecular weight is 251 g/mol. The summed E-state index contributed by atoms with van der Waals surface area (Å²) >= 11 is 1.48. The van der Waals surface area contributed by atoms with E-state index in [1.165, 1.54) is 37.0 Å². The van der Waals surface area contributed by atoms with E-state index in [0.29, 0.717) is 12.6 Å². The number of fused-ring (bicyclic) bond motifs is 1. The van der Waals surface area contributed by atoms with Crippen LogP contribution in [0.2, 0.25) is 0 Å². The topological polar surface area (TPSA) is 59.2 Å². The second-order valence-corrected chi connectivity index (χ2v) is 5.86. The van der Waals surface area contributed by atoms with Crippen LogP contribution in [0.15, 0.2) is 0 Å². The Balaban J connectivity index is 1.86. The van der Waals surface area contributed by atoms with Crippen LogP contribution in [-0.4, -0.2) is 28.4 Å². The fourth-order valence-electron chi connectivity index (χ4n) is 2.85. The Bertz CT molecular complexity index is 437. The number of carbonyl (C=O) groups excluding carboxylic acids is 1. The minimum absolute atomic E-state index is 0.190. The number of amides is 1. The van der Waals surface area contributed by atoms with E-state index in [4.69, 9.17) is 5.73 Å². The highest BCUT2D eigenvalue weighted by Crippen LogP contribution is 2.30. The molecule has 1 amide bonds. The van der Waals surface area contributed by atoms with Gasteiger partial charge in [-0.15, -0.1) is 11.3 Å². The first kappa shape index (κ1) is 11.2. The van der Waals surface area contributed by atoms with Crippen molar-refractivity contribution in [2.24, 2.45) is 5.73 Å². The van der Waals surface area contributed by atoms with E-state index in [2.05, 4.69) is 9.88 Å². The maximum Gasteiger partial charge on any atom is 0.266 e. The average Bonchev–Trinajstić information content (AvgIpc) is 2.97. The quantitative estimate of drug-likeness (QED) is 0.867. The van der Waals surface area contributed by atoms with Crippen LogP contribution in [0.25, 0.3) is 0 Å². The molecule has 1 fully saturated rings. The zero-order chi connectivity index (χ0) is 11.8. The van der Waals surface area contributed by atoms with E-state index < -0.39 is 0 Å². The summed E-state index contributed by atoms with van der Waals surface area (Å²) in [5.74, 6) is 0.190. The molecule has 1 aliphatic heterocycles. The van der Waals surface area contributed by atoms with Crippen LogP contribution < -0.4 is 5.73 Å². The summed E-state index contributed by atoms with van der Waals surface area (Å²) in [7, 11) is 0. The molecule has 1 aromatic rings. The van der Waals surface area contributed by atoms with Crippen molar-refractivity contribution in [1.82, 2.24) is 9.88 Å². The number of hydrogen-bond donors (Lipinski definition) is 1. The summed E-state index contributed by atoms with van der Waals surface area (Å²) in [6.45, 7) is 1.28. The highest BCUT2D eigenvalue weighted by atomic mass is 32.1. The van der Waals surface area contributed by atoms with Crippen molar-refractivity contribution in [2.45, 2.75) is 44.7 Å². The predicted octanol–water partition coefficient (Wildman–Crippen LogP) is 1.54. The summed E-state index contributed by atoms with van der Waals surface area (Å²) in [6, 6.07) is 0.471. The third kappa shape index (κ3) is 1.87. The molecular formula is C12H17N3OS. The fourth-order valence-corrected chi connectivity index (χ4v) is 3.79. The van der Waals surface area contributed by atoms with E-state index in [1.807, 2.05) is 0 Å². The summed E-state index contributed by atoms with van der Waals surface area (Å²) < 4.78 is 0. The molecule has 3 rings (SSSR count). The van der Waals surface area contributed by atoms with Crippen molar-refractivity contribution in [3.8, 4) is 0 Å². The second kappa shape index (κ2) is 4.38. The molecule has 0 radical (unpaired) electrons. The molecule has 2 aliphatic rings. The van der Waals surface area contributed by atoms with Gasteiger partial charge in [0, 0.05) is 25.6 Å². The third-order valence-corrected chi connectivity index (χ3v) is 4.83. The van der Waals surface area contributed by atoms with Crippen molar-refractivity contribution in [2.75, 3.05) is 6.54 Å². The Morgan fingerprint density at radius 3 is 2.88 bits per heavy atom. The molecule has 17 heavy (non-hydrogen) atoms. The van der Waals surface area contributed by atoms with Gasteiger partial charge in [0.05, 0.1) is 5.69 Å². The Hall–Kier alpha value is -0.940. The van der Waals surface area contributed by atoms with E-state index in [1.54, 1.807) is 0 Å². The molecule has 5 heteroatoms. The van der Waals surface area contributed by atoms with Crippen LogP contribution in [0.4, 0.5) is 0 Å². The summed E-state index contributed by atoms with van der Waals surface area (Å²) in [6.07, 6.45) is 5.76. The lowest BCUT2D eigenvalue weighted by atomic mass is 10.1. The first-order valence-corrected chi connectivity index (χ1v) is 7.11. The van der Waals surface area contributed by atoms with Crippen molar-refractivity contribution >= 4 is 17.2 Å². The minimum atomic E-state index is 0.190. The molecular weight excluding hydrogens is 234 g/mol. The molecule has 2 N–H and O–H groups in total. The summed E-state index contributed by atoms with van der Waals surface area (Å²) in [4.78, 5) is 19.7. The summed E-state index contributed by atoms with van der Waals surface area (Å²) in [5, 5.41) is 0.886. The molecule has 1 aliphatic carbocycles. The normalized spacial score (nSPS) is 21.0. The van der Waals surface area contributed by atoms with Crippen molar-refractivity contribution in [1.29, 1.82) is 0 Å². The van der Waals surface area contributed by atoms with Gasteiger partial charge >= 0.3 is 0 Å². The lowest BCUT2D eigenvalue weighted by Crippen LogP contribution is -2.43. The Morgan fingerprint density at radius 2 is 2.18 bits per heavy atom. The lowest BCUT2D eigenvalue weighted by molar-refractivity contribution is 0.0668. The smallest absolute Gasteiger partial charge is 0.266 e. The van der Waals surface area contributed by atoms with Gasteiger partial charge in [0.1, 0.15) is 9.88 Å². The standard InChI is InChI=1S/C12H17N3OS/c13-7-10-14-9-5-6-15(8-3-1-2-4-8)12(16)11(9)17-10/h8H,1-7,13H2. The maximum atomic E-state index is 12.4. The van der Waals surface area contributed by atoms with Crippen molar-refractivity contribution in [3.05, 3.63) is 15.6 Å². The number of nitrogens with zero attached hydrogens (tertiary/aromatic N) is 2. The van der Waals surface area contributed by atoms with Crippen molar-refractivity contribution < 1.29 is 4.79 Å². The van der Waals surface area contributed by atoms with E-state index in [9.17, 15) is 4.79 Å². The zero-order valence-corrected chi connectivity index (χ0v) is 10.6. The number of aromatic nitrogens is 1. The van der Waals surface area contributed by atoms with Crippen LogP contribution in [0, 0.1) is 0 Å². The minimum Gasteiger partial charge on any atom is -0.335 e. The molecule has 0 saturated heterocycles. The fraction of sp³-hybridized carbons (Fsp3) is 0.667. The first-order chi connectivity index (χ1) is 8.29. The van der Waals surface area contributed by atoms with Crippen LogP contribution in [0.1, 0.15) is 46.1 Å². The SMILES string of the molecule is NCc1nc2c(s1)C(=O)N(C1CCCC1)CC2. The molecule has 1 saturated carbocycles. The molecule has 0 bridgehead atoms. The van der Waals surface area contributed by atoms with E-state index in [-0.39, 0.29) is 5.91 Å². The molecule has 2 heterocycles. The summed E-state index contributed by atoms with van der Waals surface area (Å²) in [5.41, 5.74) is 6.55. The van der Waals surface area contributed by atoms with Gasteiger partial charge in [-0.2, -0.15) is 0 Å². The molecule has 0 spiro atoms. The van der Waals surface area contributed by atoms with Gasteiger partial charge in [-0.3, -0.25) is 4.79 Å². The largest absolute Gasteiger partial charge is 0.335 e. The maximum absolute atomic E-state index is 12.4. The number of nitrogens with two attached hydrogens (primary N) is 1. The van der Waals surface area contributed by atoms with Crippen LogP contribution in [0.5, 0.6) is 0 Å². The molecule has 4 nitrogen and oxygen atoms in total. The lowest BCUT2D eigenvalue weighted by Gasteiger charge is -2.31. The number of hydrogen-bond acceptors (Lipinski definition) is 4. The molecule has 0 aromatic carbocycles. The van der Waals surface area contributed by atoms with Gasteiger partial charge in [0.15, 0.2) is 0 Å². The zero-order valence-electron chi connectivity index (χ0n) is 9.82. The van der Waals surface area contributed by atoms with E-state index >= 15 is 0 Å². The van der Waals surface area contributed by atoms with Gasteiger partial charge in [-0.05, 0) is 12.8 Å². The van der Waals surface area contributed by atoms with Gasteiger partial charge in [0.25, 0.3) is 5.91 Å². The Labute approximate surface area is 105 Å². The molecule has 92 valence electrons. The van der Waals surface area contributed by atoms with E-state index in [0.717, 1.165) is 28.5 Å². The highest BCUT2D eigenvalue weighted by molar-refractivity contribution is 7.13. The molecule has 0 unspecified atom stereocenters. The molecule has 0 atom stereocenters. The number of carbonyl (C=O) groups is 1. The van der Waals surface area contributed by atoms with Crippen LogP contribution >= 0.6 is 11.3 Å². The van der Waals surface area contributed by atoms with Crippen LogP contribution in [-0.2, 0) is 13.0 Å². The molecule has 1 aromatic heterocycles.